The average molecular weight is 375 g/mol. The summed E-state index contributed by atoms with van der Waals surface area (Å²) in [6.45, 7) is 0.829. The molecule has 1 amide bonds. The van der Waals surface area contributed by atoms with Gasteiger partial charge in [0, 0.05) is 23.7 Å². The molecule has 5 nitrogen and oxygen atoms in total. The quantitative estimate of drug-likeness (QED) is 0.703. The van der Waals surface area contributed by atoms with Crippen molar-refractivity contribution in [2.75, 3.05) is 18.9 Å². The zero-order valence-electron chi connectivity index (χ0n) is 16.1. The number of hydrogen-bond acceptors (Lipinski definition) is 4. The van der Waals surface area contributed by atoms with E-state index in [9.17, 15) is 4.79 Å². The molecule has 2 heterocycles. The number of rotatable bonds is 6. The molecular weight excluding hydrogens is 350 g/mol. The number of likely N-dealkylation sites (N-methyl/N-ethyl adjacent to an activating group) is 1. The van der Waals surface area contributed by atoms with Crippen molar-refractivity contribution < 1.29 is 9.32 Å². The number of hydrogen-bond donors (Lipinski definition) is 1. The van der Waals surface area contributed by atoms with Gasteiger partial charge in [-0.3, -0.25) is 9.69 Å². The molecule has 0 spiro atoms. The predicted octanol–water partition coefficient (Wildman–Crippen LogP) is 4.16. The highest BCUT2D eigenvalue weighted by molar-refractivity contribution is 5.96. The van der Waals surface area contributed by atoms with E-state index in [-0.39, 0.29) is 11.9 Å². The van der Waals surface area contributed by atoms with Gasteiger partial charge in [-0.05, 0) is 44.5 Å². The van der Waals surface area contributed by atoms with E-state index in [0.29, 0.717) is 0 Å². The molecular formula is C23H25N3O2. The molecule has 1 N–H and O–H groups in total. The van der Waals surface area contributed by atoms with Crippen LogP contribution in [0.5, 0.6) is 0 Å². The van der Waals surface area contributed by atoms with Gasteiger partial charge in [0.15, 0.2) is 0 Å². The van der Waals surface area contributed by atoms with Gasteiger partial charge in [-0.2, -0.15) is 0 Å². The smallest absolute Gasteiger partial charge is 0.241 e. The molecule has 0 radical (unpaired) electrons. The van der Waals surface area contributed by atoms with E-state index in [1.54, 1.807) is 0 Å². The van der Waals surface area contributed by atoms with E-state index in [4.69, 9.17) is 4.52 Å². The van der Waals surface area contributed by atoms with Crippen LogP contribution >= 0.6 is 0 Å². The molecule has 1 aliphatic rings. The topological polar surface area (TPSA) is 58.4 Å². The Hall–Kier alpha value is -2.92. The Morgan fingerprint density at radius 3 is 2.79 bits per heavy atom. The van der Waals surface area contributed by atoms with Gasteiger partial charge in [-0.25, -0.2) is 0 Å². The van der Waals surface area contributed by atoms with Crippen LogP contribution in [0.3, 0.4) is 0 Å². The van der Waals surface area contributed by atoms with Crippen LogP contribution in [0.2, 0.25) is 0 Å². The number of benzene rings is 2. The van der Waals surface area contributed by atoms with Gasteiger partial charge < -0.3 is 9.84 Å². The number of carbonyl (C=O) groups is 1. The molecule has 5 heteroatoms. The molecule has 1 aromatic heterocycles. The number of nitrogens with zero attached hydrogens (tertiary/aromatic N) is 2. The van der Waals surface area contributed by atoms with Crippen molar-refractivity contribution in [3.8, 4) is 11.3 Å². The maximum absolute atomic E-state index is 12.6. The molecule has 3 aromatic rings. The summed E-state index contributed by atoms with van der Waals surface area (Å²) in [6.07, 6.45) is 3.46. The molecule has 144 valence electrons. The third kappa shape index (κ3) is 4.15. The number of nitrogens with one attached hydrogen (secondary N) is 1. The van der Waals surface area contributed by atoms with Crippen molar-refractivity contribution in [1.82, 2.24) is 10.1 Å². The van der Waals surface area contributed by atoms with Gasteiger partial charge in [-0.1, -0.05) is 53.7 Å². The first-order valence-corrected chi connectivity index (χ1v) is 9.81. The second-order valence-electron chi connectivity index (χ2n) is 7.33. The minimum Gasteiger partial charge on any atom is -0.361 e. The lowest BCUT2D eigenvalue weighted by Gasteiger charge is -2.25. The molecule has 4 rings (SSSR count). The van der Waals surface area contributed by atoms with Gasteiger partial charge >= 0.3 is 0 Å². The normalized spacial score (nSPS) is 16.5. The Kier molecular flexibility index (Phi) is 5.53. The molecule has 28 heavy (non-hydrogen) atoms. The Morgan fingerprint density at radius 2 is 1.93 bits per heavy atom. The van der Waals surface area contributed by atoms with Crippen LogP contribution in [0.15, 0.2) is 65.2 Å². The molecule has 0 fully saturated rings. The zero-order chi connectivity index (χ0) is 19.3. The highest BCUT2D eigenvalue weighted by Crippen LogP contribution is 2.24. The lowest BCUT2D eigenvalue weighted by molar-refractivity contribution is -0.120. The van der Waals surface area contributed by atoms with Crippen LogP contribution in [0.25, 0.3) is 11.3 Å². The highest BCUT2D eigenvalue weighted by Gasteiger charge is 2.26. The van der Waals surface area contributed by atoms with Crippen molar-refractivity contribution in [3.05, 3.63) is 72.0 Å². The summed E-state index contributed by atoms with van der Waals surface area (Å²) in [7, 11) is 2.02. The van der Waals surface area contributed by atoms with Crippen LogP contribution in [0.1, 0.15) is 24.2 Å². The summed E-state index contributed by atoms with van der Waals surface area (Å²) >= 11 is 0. The monoisotopic (exact) mass is 375 g/mol. The van der Waals surface area contributed by atoms with Crippen molar-refractivity contribution in [3.63, 3.8) is 0 Å². The van der Waals surface area contributed by atoms with Crippen molar-refractivity contribution >= 4 is 11.6 Å². The summed E-state index contributed by atoms with van der Waals surface area (Å²) in [5.41, 5.74) is 4.08. The van der Waals surface area contributed by atoms with Gasteiger partial charge in [0.2, 0.25) is 5.91 Å². The van der Waals surface area contributed by atoms with E-state index in [0.717, 1.165) is 54.9 Å². The summed E-state index contributed by atoms with van der Waals surface area (Å²) in [5.74, 6) is 0.962. The minimum atomic E-state index is -0.109. The van der Waals surface area contributed by atoms with E-state index < -0.39 is 0 Å². The summed E-state index contributed by atoms with van der Waals surface area (Å²) < 4.78 is 5.48. The Labute approximate surface area is 165 Å². The number of anilines is 1. The first-order valence-electron chi connectivity index (χ1n) is 9.81. The highest BCUT2D eigenvalue weighted by atomic mass is 16.5. The van der Waals surface area contributed by atoms with Crippen molar-refractivity contribution in [2.24, 2.45) is 0 Å². The Balaban J connectivity index is 1.31. The van der Waals surface area contributed by atoms with Gasteiger partial charge in [0.25, 0.3) is 0 Å². The standard InChI is InChI=1S/C23H25N3O2/c1-26(22-14-13-18-10-5-6-12-20(18)24-23(22)27)15-7-11-19-16-21(25-28-19)17-8-3-2-4-9-17/h2-6,8-10,12,16,22H,7,11,13-15H2,1H3,(H,24,27). The minimum absolute atomic E-state index is 0.0819. The first kappa shape index (κ1) is 18.4. The molecule has 1 atom stereocenters. The number of aryl methyl sites for hydroxylation is 2. The lowest BCUT2D eigenvalue weighted by atomic mass is 10.0. The van der Waals surface area contributed by atoms with Crippen LogP contribution in [-0.2, 0) is 17.6 Å². The third-order valence-corrected chi connectivity index (χ3v) is 5.36. The molecule has 0 saturated carbocycles. The van der Waals surface area contributed by atoms with E-state index in [2.05, 4.69) is 21.4 Å². The lowest BCUT2D eigenvalue weighted by Crippen LogP contribution is -2.41. The third-order valence-electron chi connectivity index (χ3n) is 5.36. The second-order valence-corrected chi connectivity index (χ2v) is 7.33. The summed E-state index contributed by atoms with van der Waals surface area (Å²) in [4.78, 5) is 14.8. The van der Waals surface area contributed by atoms with Gasteiger partial charge in [0.1, 0.15) is 11.5 Å². The number of para-hydroxylation sites is 1. The Morgan fingerprint density at radius 1 is 1.14 bits per heavy atom. The summed E-state index contributed by atoms with van der Waals surface area (Å²) in [5, 5.41) is 7.24. The molecule has 1 unspecified atom stereocenters. The Bertz CT molecular complexity index is 936. The van der Waals surface area contributed by atoms with Crippen LogP contribution in [0.4, 0.5) is 5.69 Å². The van der Waals surface area contributed by atoms with Gasteiger partial charge in [-0.15, -0.1) is 0 Å². The fraction of sp³-hybridized carbons (Fsp3) is 0.304. The first-order chi connectivity index (χ1) is 13.7. The van der Waals surface area contributed by atoms with Crippen molar-refractivity contribution in [2.45, 2.75) is 31.7 Å². The predicted molar refractivity (Wildman–Crippen MR) is 110 cm³/mol. The largest absolute Gasteiger partial charge is 0.361 e. The van der Waals surface area contributed by atoms with Crippen LogP contribution in [-0.4, -0.2) is 35.6 Å². The maximum Gasteiger partial charge on any atom is 0.241 e. The maximum atomic E-state index is 12.6. The fourth-order valence-electron chi connectivity index (χ4n) is 3.75. The summed E-state index contributed by atoms with van der Waals surface area (Å²) in [6, 6.07) is 20.0. The molecule has 0 aliphatic carbocycles. The SMILES string of the molecule is CN(CCCc1cc(-c2ccccc2)no1)C1CCc2ccccc2NC1=O. The van der Waals surface area contributed by atoms with Crippen LogP contribution < -0.4 is 5.32 Å². The molecule has 2 aromatic carbocycles. The average Bonchev–Trinajstić information content (AvgIpc) is 3.12. The fourth-order valence-corrected chi connectivity index (χ4v) is 3.75. The van der Waals surface area contributed by atoms with Crippen LogP contribution in [0, 0.1) is 0 Å². The molecule has 0 saturated heterocycles. The molecule has 1 aliphatic heterocycles. The number of aromatic nitrogens is 1. The second kappa shape index (κ2) is 8.40. The molecule has 0 bridgehead atoms. The van der Waals surface area contributed by atoms with E-state index in [1.165, 1.54) is 5.56 Å². The van der Waals surface area contributed by atoms with Gasteiger partial charge in [0.05, 0.1) is 6.04 Å². The number of amides is 1. The van der Waals surface area contributed by atoms with Crippen molar-refractivity contribution in [1.29, 1.82) is 0 Å². The number of carbonyl (C=O) groups excluding carboxylic acids is 1. The number of fused-ring (bicyclic) bond motifs is 1. The van der Waals surface area contributed by atoms with E-state index >= 15 is 0 Å². The zero-order valence-corrected chi connectivity index (χ0v) is 16.1. The van der Waals surface area contributed by atoms with E-state index in [1.807, 2.05) is 61.6 Å².